The second-order valence-electron chi connectivity index (χ2n) is 5.52. The number of benzene rings is 1. The minimum Gasteiger partial charge on any atom is -0.395 e. The monoisotopic (exact) mass is 311 g/mol. The third kappa shape index (κ3) is 5.51. The maximum atomic E-state index is 9.29. The Kier molecular flexibility index (Phi) is 6.78. The van der Waals surface area contributed by atoms with E-state index in [0.29, 0.717) is 6.54 Å². The van der Waals surface area contributed by atoms with Gasteiger partial charge in [0.1, 0.15) is 0 Å². The van der Waals surface area contributed by atoms with Crippen LogP contribution in [0.4, 0.5) is 0 Å². The summed E-state index contributed by atoms with van der Waals surface area (Å²) in [7, 11) is 0. The van der Waals surface area contributed by atoms with Crippen molar-refractivity contribution in [3.63, 3.8) is 0 Å². The number of hydrogen-bond donors (Lipinski definition) is 1. The van der Waals surface area contributed by atoms with Gasteiger partial charge >= 0.3 is 0 Å². The van der Waals surface area contributed by atoms with Crippen molar-refractivity contribution < 1.29 is 5.11 Å². The summed E-state index contributed by atoms with van der Waals surface area (Å²) in [4.78, 5) is 2.21. The first-order valence-electron chi connectivity index (χ1n) is 7.91. The molecule has 0 bridgehead atoms. The molecule has 0 saturated heterocycles. The fraction of sp³-hybridized carbons (Fsp3) is 0.316. The van der Waals surface area contributed by atoms with Crippen molar-refractivity contribution in [3.05, 3.63) is 72.1 Å². The Bertz CT molecular complexity index is 631. The number of aliphatic hydroxyl groups excluding tert-OH is 1. The molecule has 2 rings (SSSR count). The van der Waals surface area contributed by atoms with Crippen LogP contribution in [0.5, 0.6) is 0 Å². The molecule has 1 heterocycles. The highest BCUT2D eigenvalue weighted by molar-refractivity contribution is 5.48. The Morgan fingerprint density at radius 2 is 2.09 bits per heavy atom. The molecule has 0 amide bonds. The highest BCUT2D eigenvalue weighted by atomic mass is 16.3. The first-order chi connectivity index (χ1) is 11.2. The summed E-state index contributed by atoms with van der Waals surface area (Å²) in [5.41, 5.74) is 3.40. The van der Waals surface area contributed by atoms with Crippen molar-refractivity contribution >= 4 is 6.08 Å². The van der Waals surface area contributed by atoms with E-state index in [9.17, 15) is 5.11 Å². The van der Waals surface area contributed by atoms with Gasteiger partial charge in [-0.25, -0.2) is 0 Å². The third-order valence-corrected chi connectivity index (χ3v) is 3.65. The number of rotatable bonds is 9. The first-order valence-corrected chi connectivity index (χ1v) is 7.91. The van der Waals surface area contributed by atoms with E-state index in [1.165, 1.54) is 11.1 Å². The van der Waals surface area contributed by atoms with E-state index in [0.717, 1.165) is 25.3 Å². The Morgan fingerprint density at radius 1 is 1.30 bits per heavy atom. The molecule has 0 radical (unpaired) electrons. The quantitative estimate of drug-likeness (QED) is 0.724. The lowest BCUT2D eigenvalue weighted by Gasteiger charge is -2.19. The molecular weight excluding hydrogens is 286 g/mol. The summed E-state index contributed by atoms with van der Waals surface area (Å²) in [6, 6.07) is 10.2. The van der Waals surface area contributed by atoms with Gasteiger partial charge in [0.25, 0.3) is 0 Å². The number of aliphatic hydroxyl groups is 1. The van der Waals surface area contributed by atoms with E-state index < -0.39 is 0 Å². The van der Waals surface area contributed by atoms with Crippen molar-refractivity contribution in [1.29, 1.82) is 0 Å². The smallest absolute Gasteiger partial charge is 0.0638 e. The zero-order valence-corrected chi connectivity index (χ0v) is 13.7. The molecule has 4 nitrogen and oxygen atoms in total. The molecule has 0 unspecified atom stereocenters. The molecule has 0 saturated carbocycles. The van der Waals surface area contributed by atoms with Crippen LogP contribution in [0.2, 0.25) is 0 Å². The molecule has 122 valence electrons. The lowest BCUT2D eigenvalue weighted by molar-refractivity contribution is 0.203. The van der Waals surface area contributed by atoms with Gasteiger partial charge in [-0.1, -0.05) is 48.6 Å². The lowest BCUT2D eigenvalue weighted by Crippen LogP contribution is -2.26. The van der Waals surface area contributed by atoms with E-state index in [1.54, 1.807) is 0 Å². The van der Waals surface area contributed by atoms with Crippen molar-refractivity contribution in [2.24, 2.45) is 0 Å². The Morgan fingerprint density at radius 3 is 2.78 bits per heavy atom. The van der Waals surface area contributed by atoms with E-state index in [4.69, 9.17) is 0 Å². The van der Waals surface area contributed by atoms with Crippen LogP contribution >= 0.6 is 0 Å². The van der Waals surface area contributed by atoms with Gasteiger partial charge < -0.3 is 5.11 Å². The minimum atomic E-state index is 0.152. The van der Waals surface area contributed by atoms with Gasteiger partial charge in [0.2, 0.25) is 0 Å². The summed E-state index contributed by atoms with van der Waals surface area (Å²) < 4.78 is 1.90. The predicted molar refractivity (Wildman–Crippen MR) is 95.0 cm³/mol. The fourth-order valence-corrected chi connectivity index (χ4v) is 2.46. The van der Waals surface area contributed by atoms with Gasteiger partial charge in [0.05, 0.1) is 18.8 Å². The highest BCUT2D eigenvalue weighted by Gasteiger charge is 2.09. The normalized spacial score (nSPS) is 11.4. The number of nitrogens with zero attached hydrogens (tertiary/aromatic N) is 3. The molecule has 2 aromatic rings. The Labute approximate surface area is 138 Å². The lowest BCUT2D eigenvalue weighted by atomic mass is 10.2. The molecule has 1 aromatic carbocycles. The van der Waals surface area contributed by atoms with E-state index in [2.05, 4.69) is 47.1 Å². The van der Waals surface area contributed by atoms with E-state index >= 15 is 0 Å². The van der Waals surface area contributed by atoms with E-state index in [-0.39, 0.29) is 6.61 Å². The van der Waals surface area contributed by atoms with Gasteiger partial charge in [0.15, 0.2) is 0 Å². The summed E-state index contributed by atoms with van der Waals surface area (Å²) >= 11 is 0. The maximum absolute atomic E-state index is 9.29. The van der Waals surface area contributed by atoms with Crippen molar-refractivity contribution in [2.75, 3.05) is 19.7 Å². The molecule has 1 N–H and O–H groups in total. The van der Waals surface area contributed by atoms with Gasteiger partial charge in [-0.2, -0.15) is 5.10 Å². The third-order valence-electron chi connectivity index (χ3n) is 3.65. The van der Waals surface area contributed by atoms with Crippen molar-refractivity contribution in [3.8, 4) is 0 Å². The summed E-state index contributed by atoms with van der Waals surface area (Å²) in [6.07, 6.45) is 8.14. The SMILES string of the molecule is C=CCn1cc(CN(CC=Cc2ccccc2)CCO)c(C)n1. The topological polar surface area (TPSA) is 41.3 Å². The number of allylic oxidation sites excluding steroid dienone is 1. The minimum absolute atomic E-state index is 0.152. The largest absolute Gasteiger partial charge is 0.395 e. The molecule has 1 aromatic heterocycles. The summed E-state index contributed by atoms with van der Waals surface area (Å²) in [6.45, 7) is 8.85. The van der Waals surface area contributed by atoms with Crippen LogP contribution in [0, 0.1) is 6.92 Å². The molecule has 23 heavy (non-hydrogen) atoms. The van der Waals surface area contributed by atoms with Gasteiger partial charge in [-0.3, -0.25) is 9.58 Å². The summed E-state index contributed by atoms with van der Waals surface area (Å²) in [5.74, 6) is 0. The van der Waals surface area contributed by atoms with Gasteiger partial charge in [0, 0.05) is 31.4 Å². The average molecular weight is 311 g/mol. The van der Waals surface area contributed by atoms with Crippen molar-refractivity contribution in [1.82, 2.24) is 14.7 Å². The molecule has 0 atom stereocenters. The molecule has 4 heteroatoms. The molecular formula is C19H25N3O. The Balaban J connectivity index is 1.98. The Hall–Kier alpha value is -2.17. The van der Waals surface area contributed by atoms with E-state index in [1.807, 2.05) is 35.9 Å². The number of aryl methyl sites for hydroxylation is 1. The fourth-order valence-electron chi connectivity index (χ4n) is 2.46. The molecule has 0 aliphatic carbocycles. The van der Waals surface area contributed by atoms with Crippen LogP contribution < -0.4 is 0 Å². The van der Waals surface area contributed by atoms with Gasteiger partial charge in [-0.05, 0) is 12.5 Å². The molecule has 0 aliphatic rings. The van der Waals surface area contributed by atoms with Gasteiger partial charge in [-0.15, -0.1) is 6.58 Å². The molecule has 0 fully saturated rings. The zero-order valence-electron chi connectivity index (χ0n) is 13.7. The van der Waals surface area contributed by atoms with Crippen LogP contribution in [0.15, 0.2) is 55.3 Å². The summed E-state index contributed by atoms with van der Waals surface area (Å²) in [5, 5.41) is 13.8. The predicted octanol–water partition coefficient (Wildman–Crippen LogP) is 2.89. The van der Waals surface area contributed by atoms with Crippen molar-refractivity contribution in [2.45, 2.75) is 20.0 Å². The van der Waals surface area contributed by atoms with Crippen LogP contribution in [0.25, 0.3) is 6.08 Å². The zero-order chi connectivity index (χ0) is 16.5. The van der Waals surface area contributed by atoms with Crippen LogP contribution in [0.1, 0.15) is 16.8 Å². The average Bonchev–Trinajstić information content (AvgIpc) is 2.88. The molecule has 0 spiro atoms. The molecule has 0 aliphatic heterocycles. The number of hydrogen-bond acceptors (Lipinski definition) is 3. The highest BCUT2D eigenvalue weighted by Crippen LogP contribution is 2.10. The second kappa shape index (κ2) is 9.08. The number of aromatic nitrogens is 2. The van der Waals surface area contributed by atoms with Crippen LogP contribution in [-0.2, 0) is 13.1 Å². The second-order valence-corrected chi connectivity index (χ2v) is 5.52. The standard InChI is InChI=1S/C19H25N3O/c1-3-11-22-16-19(17(2)20-22)15-21(13-14-23)12-7-10-18-8-5-4-6-9-18/h3-10,16,23H,1,11-15H2,2H3. The maximum Gasteiger partial charge on any atom is 0.0638 e. The van der Waals surface area contributed by atoms with Crippen LogP contribution in [0.3, 0.4) is 0 Å². The van der Waals surface area contributed by atoms with Crippen LogP contribution in [-0.4, -0.2) is 39.5 Å². The first kappa shape index (κ1) is 17.2.